The van der Waals surface area contributed by atoms with E-state index in [1.54, 1.807) is 0 Å². The van der Waals surface area contributed by atoms with E-state index in [-0.39, 0.29) is 0 Å². The molecule has 2 unspecified atom stereocenters. The summed E-state index contributed by atoms with van der Waals surface area (Å²) < 4.78 is 5.55. The van der Waals surface area contributed by atoms with Crippen molar-refractivity contribution in [2.45, 2.75) is 32.9 Å². The van der Waals surface area contributed by atoms with Gasteiger partial charge in [0.25, 0.3) is 0 Å². The zero-order valence-corrected chi connectivity index (χ0v) is 10.2. The molecule has 1 heterocycles. The van der Waals surface area contributed by atoms with E-state index in [1.807, 2.05) is 0 Å². The zero-order valence-electron chi connectivity index (χ0n) is 10.2. The van der Waals surface area contributed by atoms with Crippen LogP contribution in [0, 0.1) is 12.8 Å². The molecule has 0 saturated carbocycles. The van der Waals surface area contributed by atoms with Gasteiger partial charge in [0.05, 0.1) is 6.10 Å². The van der Waals surface area contributed by atoms with Crippen LogP contribution in [-0.4, -0.2) is 19.3 Å². The maximum atomic E-state index is 5.55. The molecule has 16 heavy (non-hydrogen) atoms. The molecule has 1 aliphatic heterocycles. The van der Waals surface area contributed by atoms with Crippen molar-refractivity contribution in [2.24, 2.45) is 5.92 Å². The highest BCUT2D eigenvalue weighted by Crippen LogP contribution is 2.19. The van der Waals surface area contributed by atoms with Crippen LogP contribution in [0.3, 0.4) is 0 Å². The fourth-order valence-electron chi connectivity index (χ4n) is 2.27. The average Bonchev–Trinajstić information content (AvgIpc) is 2.65. The molecule has 2 nitrogen and oxygen atoms in total. The van der Waals surface area contributed by atoms with E-state index in [4.69, 9.17) is 4.74 Å². The second-order valence-electron chi connectivity index (χ2n) is 4.74. The standard InChI is InChI=1S/C14H21NO/c1-11-4-3-5-13(8-11)9-15-10-14-6-7-16-12(14)2/h3-5,8,12,14-15H,6-7,9-10H2,1-2H3. The van der Waals surface area contributed by atoms with Gasteiger partial charge in [0.15, 0.2) is 0 Å². The molecule has 88 valence electrons. The van der Waals surface area contributed by atoms with E-state index in [1.165, 1.54) is 17.5 Å². The van der Waals surface area contributed by atoms with Crippen molar-refractivity contribution in [3.8, 4) is 0 Å². The lowest BCUT2D eigenvalue weighted by Gasteiger charge is -2.14. The van der Waals surface area contributed by atoms with Gasteiger partial charge >= 0.3 is 0 Å². The largest absolute Gasteiger partial charge is 0.378 e. The van der Waals surface area contributed by atoms with Gasteiger partial charge in [0, 0.05) is 19.7 Å². The van der Waals surface area contributed by atoms with Crippen molar-refractivity contribution in [2.75, 3.05) is 13.2 Å². The molecule has 2 rings (SSSR count). The third-order valence-corrected chi connectivity index (χ3v) is 3.35. The summed E-state index contributed by atoms with van der Waals surface area (Å²) >= 11 is 0. The van der Waals surface area contributed by atoms with Crippen LogP contribution in [0.15, 0.2) is 24.3 Å². The van der Waals surface area contributed by atoms with Crippen LogP contribution in [0.4, 0.5) is 0 Å². The van der Waals surface area contributed by atoms with Crippen molar-refractivity contribution in [1.29, 1.82) is 0 Å². The predicted octanol–water partition coefficient (Wildman–Crippen LogP) is 2.51. The first kappa shape index (κ1) is 11.6. The molecule has 2 heteroatoms. The van der Waals surface area contributed by atoms with E-state index in [9.17, 15) is 0 Å². The quantitative estimate of drug-likeness (QED) is 0.840. The molecular formula is C14H21NO. The Labute approximate surface area is 98.0 Å². The highest BCUT2D eigenvalue weighted by Gasteiger charge is 2.23. The lowest BCUT2D eigenvalue weighted by Crippen LogP contribution is -2.26. The Kier molecular flexibility index (Phi) is 3.97. The van der Waals surface area contributed by atoms with E-state index < -0.39 is 0 Å². The minimum Gasteiger partial charge on any atom is -0.378 e. The number of rotatable bonds is 4. The molecule has 1 aromatic carbocycles. The second-order valence-corrected chi connectivity index (χ2v) is 4.74. The van der Waals surface area contributed by atoms with Crippen LogP contribution in [0.5, 0.6) is 0 Å². The van der Waals surface area contributed by atoms with Crippen LogP contribution in [0.1, 0.15) is 24.5 Å². The molecule has 0 amide bonds. The Hall–Kier alpha value is -0.860. The minimum absolute atomic E-state index is 0.421. The van der Waals surface area contributed by atoms with Gasteiger partial charge in [-0.15, -0.1) is 0 Å². The van der Waals surface area contributed by atoms with E-state index in [2.05, 4.69) is 43.4 Å². The molecule has 1 aromatic rings. The van der Waals surface area contributed by atoms with Crippen molar-refractivity contribution in [3.05, 3.63) is 35.4 Å². The first-order valence-electron chi connectivity index (χ1n) is 6.13. The van der Waals surface area contributed by atoms with Crippen LogP contribution < -0.4 is 5.32 Å². The first-order chi connectivity index (χ1) is 7.75. The molecule has 1 fully saturated rings. The lowest BCUT2D eigenvalue weighted by atomic mass is 10.0. The smallest absolute Gasteiger partial charge is 0.0588 e. The summed E-state index contributed by atoms with van der Waals surface area (Å²) in [5.41, 5.74) is 2.70. The summed E-state index contributed by atoms with van der Waals surface area (Å²) in [5, 5.41) is 3.52. The molecule has 0 aliphatic carbocycles. The number of hydrogen-bond donors (Lipinski definition) is 1. The molecule has 0 bridgehead atoms. The first-order valence-corrected chi connectivity index (χ1v) is 6.13. The maximum Gasteiger partial charge on any atom is 0.0588 e. The van der Waals surface area contributed by atoms with Crippen LogP contribution in [0.25, 0.3) is 0 Å². The van der Waals surface area contributed by atoms with Gasteiger partial charge in [0.2, 0.25) is 0 Å². The van der Waals surface area contributed by atoms with Crippen molar-refractivity contribution < 1.29 is 4.74 Å². The lowest BCUT2D eigenvalue weighted by molar-refractivity contribution is 0.105. The van der Waals surface area contributed by atoms with Crippen LogP contribution >= 0.6 is 0 Å². The Balaban J connectivity index is 1.75. The number of ether oxygens (including phenoxy) is 1. The Morgan fingerprint density at radius 3 is 3.00 bits per heavy atom. The molecule has 2 atom stereocenters. The third-order valence-electron chi connectivity index (χ3n) is 3.35. The Morgan fingerprint density at radius 1 is 1.44 bits per heavy atom. The van der Waals surface area contributed by atoms with E-state index >= 15 is 0 Å². The molecule has 0 spiro atoms. The topological polar surface area (TPSA) is 21.3 Å². The summed E-state index contributed by atoms with van der Waals surface area (Å²) in [7, 11) is 0. The summed E-state index contributed by atoms with van der Waals surface area (Å²) in [6.07, 6.45) is 1.62. The number of hydrogen-bond acceptors (Lipinski definition) is 2. The van der Waals surface area contributed by atoms with Gasteiger partial charge in [-0.25, -0.2) is 0 Å². The summed E-state index contributed by atoms with van der Waals surface area (Å²) in [6.45, 7) is 7.26. The highest BCUT2D eigenvalue weighted by molar-refractivity contribution is 5.21. The predicted molar refractivity (Wildman–Crippen MR) is 66.4 cm³/mol. The zero-order chi connectivity index (χ0) is 11.4. The van der Waals surface area contributed by atoms with E-state index in [0.29, 0.717) is 12.0 Å². The maximum absolute atomic E-state index is 5.55. The Morgan fingerprint density at radius 2 is 2.31 bits per heavy atom. The fraction of sp³-hybridized carbons (Fsp3) is 0.571. The van der Waals surface area contributed by atoms with Gasteiger partial charge in [0.1, 0.15) is 0 Å². The average molecular weight is 219 g/mol. The molecular weight excluding hydrogens is 198 g/mol. The molecule has 0 radical (unpaired) electrons. The summed E-state index contributed by atoms with van der Waals surface area (Å²) in [4.78, 5) is 0. The molecule has 0 aromatic heterocycles. The highest BCUT2D eigenvalue weighted by atomic mass is 16.5. The van der Waals surface area contributed by atoms with Crippen LogP contribution in [-0.2, 0) is 11.3 Å². The third kappa shape index (κ3) is 3.06. The van der Waals surface area contributed by atoms with Crippen molar-refractivity contribution >= 4 is 0 Å². The van der Waals surface area contributed by atoms with Crippen molar-refractivity contribution in [3.63, 3.8) is 0 Å². The summed E-state index contributed by atoms with van der Waals surface area (Å²) in [6, 6.07) is 8.67. The molecule has 1 aliphatic rings. The van der Waals surface area contributed by atoms with Crippen molar-refractivity contribution in [1.82, 2.24) is 5.32 Å². The normalized spacial score (nSPS) is 24.9. The van der Waals surface area contributed by atoms with Gasteiger partial charge in [-0.1, -0.05) is 29.8 Å². The SMILES string of the molecule is Cc1cccc(CNCC2CCOC2C)c1. The van der Waals surface area contributed by atoms with Gasteiger partial charge in [-0.2, -0.15) is 0 Å². The monoisotopic (exact) mass is 219 g/mol. The van der Waals surface area contributed by atoms with Gasteiger partial charge in [-0.3, -0.25) is 0 Å². The Bertz CT molecular complexity index is 337. The fourth-order valence-corrected chi connectivity index (χ4v) is 2.27. The molecule has 1 N–H and O–H groups in total. The van der Waals surface area contributed by atoms with Gasteiger partial charge in [-0.05, 0) is 31.7 Å². The molecule has 1 saturated heterocycles. The van der Waals surface area contributed by atoms with Gasteiger partial charge < -0.3 is 10.1 Å². The minimum atomic E-state index is 0.421. The number of aryl methyl sites for hydroxylation is 1. The van der Waals surface area contributed by atoms with Crippen LogP contribution in [0.2, 0.25) is 0 Å². The second kappa shape index (κ2) is 5.46. The summed E-state index contributed by atoms with van der Waals surface area (Å²) in [5.74, 6) is 0.685. The number of benzene rings is 1. The van der Waals surface area contributed by atoms with E-state index in [0.717, 1.165) is 19.7 Å². The number of nitrogens with one attached hydrogen (secondary N) is 1.